The van der Waals surface area contributed by atoms with Gasteiger partial charge in [-0.1, -0.05) is 19.9 Å². The third-order valence-corrected chi connectivity index (χ3v) is 4.22. The predicted molar refractivity (Wildman–Crippen MR) is 75.8 cm³/mol. The van der Waals surface area contributed by atoms with Crippen molar-refractivity contribution in [2.24, 2.45) is 11.8 Å². The van der Waals surface area contributed by atoms with E-state index in [1.807, 2.05) is 13.1 Å². The summed E-state index contributed by atoms with van der Waals surface area (Å²) in [5.41, 5.74) is 0.943. The Hall–Kier alpha value is -1.09. The van der Waals surface area contributed by atoms with Crippen LogP contribution in [0.4, 0.5) is 4.39 Å². The van der Waals surface area contributed by atoms with Crippen LogP contribution in [0.15, 0.2) is 18.2 Å². The van der Waals surface area contributed by atoms with E-state index in [-0.39, 0.29) is 11.9 Å². The Labute approximate surface area is 115 Å². The maximum atomic E-state index is 13.9. The quantitative estimate of drug-likeness (QED) is 0.895. The van der Waals surface area contributed by atoms with Crippen molar-refractivity contribution in [1.29, 1.82) is 0 Å². The molecule has 0 saturated heterocycles. The molecule has 1 aromatic rings. The third kappa shape index (κ3) is 3.69. The molecule has 1 N–H and O–H groups in total. The lowest BCUT2D eigenvalue weighted by Crippen LogP contribution is -2.29. The smallest absolute Gasteiger partial charge is 0.165 e. The lowest BCUT2D eigenvalue weighted by Gasteiger charge is -2.32. The molecule has 0 radical (unpaired) electrons. The Morgan fingerprint density at radius 3 is 2.68 bits per heavy atom. The average Bonchev–Trinajstić information content (AvgIpc) is 2.37. The monoisotopic (exact) mass is 265 g/mol. The van der Waals surface area contributed by atoms with E-state index in [0.717, 1.165) is 24.3 Å². The summed E-state index contributed by atoms with van der Waals surface area (Å²) < 4.78 is 19.8. The first-order valence-corrected chi connectivity index (χ1v) is 7.19. The maximum Gasteiger partial charge on any atom is 0.165 e. The van der Waals surface area contributed by atoms with Crippen molar-refractivity contribution in [2.45, 2.75) is 45.8 Å². The fraction of sp³-hybridized carbons (Fsp3) is 0.625. The lowest BCUT2D eigenvalue weighted by molar-refractivity contribution is 0.0968. The highest BCUT2D eigenvalue weighted by atomic mass is 19.1. The fourth-order valence-corrected chi connectivity index (χ4v) is 2.74. The topological polar surface area (TPSA) is 21.3 Å². The van der Waals surface area contributed by atoms with Gasteiger partial charge < -0.3 is 10.1 Å². The largest absolute Gasteiger partial charge is 0.487 e. The zero-order valence-electron chi connectivity index (χ0n) is 12.1. The van der Waals surface area contributed by atoms with Gasteiger partial charge in [-0.25, -0.2) is 4.39 Å². The van der Waals surface area contributed by atoms with Crippen LogP contribution in [0.2, 0.25) is 0 Å². The van der Waals surface area contributed by atoms with E-state index >= 15 is 0 Å². The van der Waals surface area contributed by atoms with Crippen LogP contribution in [-0.4, -0.2) is 13.2 Å². The van der Waals surface area contributed by atoms with Gasteiger partial charge in [0.15, 0.2) is 11.6 Å². The molecule has 0 aromatic heterocycles. The number of halogens is 1. The molecule has 0 heterocycles. The molecule has 0 aliphatic heterocycles. The summed E-state index contributed by atoms with van der Waals surface area (Å²) in [4.78, 5) is 0. The van der Waals surface area contributed by atoms with Crippen LogP contribution in [-0.2, 0) is 6.54 Å². The molecular formula is C16H24FNO. The predicted octanol–water partition coefficient (Wildman–Crippen LogP) is 3.75. The highest BCUT2D eigenvalue weighted by Crippen LogP contribution is 2.32. The van der Waals surface area contributed by atoms with Crippen molar-refractivity contribution in [2.75, 3.05) is 7.05 Å². The summed E-state index contributed by atoms with van der Waals surface area (Å²) in [5, 5.41) is 3.02. The van der Waals surface area contributed by atoms with Crippen molar-refractivity contribution in [3.05, 3.63) is 29.6 Å². The molecule has 0 amide bonds. The summed E-state index contributed by atoms with van der Waals surface area (Å²) in [6.07, 6.45) is 3.39. The molecule has 2 rings (SSSR count). The molecule has 1 aliphatic rings. The Bertz CT molecular complexity index is 421. The molecule has 1 saturated carbocycles. The molecule has 2 nitrogen and oxygen atoms in total. The van der Waals surface area contributed by atoms with Crippen LogP contribution in [0.1, 0.15) is 38.7 Å². The molecule has 1 fully saturated rings. The first-order valence-electron chi connectivity index (χ1n) is 7.19. The average molecular weight is 265 g/mol. The molecule has 3 heteroatoms. The van der Waals surface area contributed by atoms with Gasteiger partial charge in [0.2, 0.25) is 0 Å². The van der Waals surface area contributed by atoms with Crippen LogP contribution < -0.4 is 10.1 Å². The van der Waals surface area contributed by atoms with Gasteiger partial charge in [0.05, 0.1) is 6.10 Å². The SMILES string of the molecule is CNCc1ccc(OC2CCC(C)C(C)C2)c(F)c1. The van der Waals surface area contributed by atoms with Gasteiger partial charge in [0.1, 0.15) is 0 Å². The highest BCUT2D eigenvalue weighted by Gasteiger charge is 2.26. The number of nitrogens with one attached hydrogen (secondary N) is 1. The summed E-state index contributed by atoms with van der Waals surface area (Å²) in [6, 6.07) is 5.23. The van der Waals surface area contributed by atoms with Gasteiger partial charge in [-0.05, 0) is 55.8 Å². The van der Waals surface area contributed by atoms with Crippen LogP contribution in [0.5, 0.6) is 5.75 Å². The van der Waals surface area contributed by atoms with E-state index in [9.17, 15) is 4.39 Å². The Morgan fingerprint density at radius 2 is 2.05 bits per heavy atom. The van der Waals surface area contributed by atoms with Crippen molar-refractivity contribution < 1.29 is 9.13 Å². The van der Waals surface area contributed by atoms with Gasteiger partial charge in [0, 0.05) is 6.54 Å². The number of benzene rings is 1. The number of ether oxygens (including phenoxy) is 1. The highest BCUT2D eigenvalue weighted by molar-refractivity contribution is 5.29. The first-order chi connectivity index (χ1) is 9.10. The van der Waals surface area contributed by atoms with Gasteiger partial charge in [0.25, 0.3) is 0 Å². The number of hydrogen-bond donors (Lipinski definition) is 1. The van der Waals surface area contributed by atoms with Crippen LogP contribution in [0, 0.1) is 17.7 Å². The number of hydrogen-bond acceptors (Lipinski definition) is 2. The van der Waals surface area contributed by atoms with Gasteiger partial charge in [-0.3, -0.25) is 0 Å². The molecule has 0 spiro atoms. The summed E-state index contributed by atoms with van der Waals surface area (Å²) in [6.45, 7) is 5.22. The second-order valence-corrected chi connectivity index (χ2v) is 5.80. The summed E-state index contributed by atoms with van der Waals surface area (Å²) in [7, 11) is 1.85. The normalized spacial score (nSPS) is 27.3. The Morgan fingerprint density at radius 1 is 1.26 bits per heavy atom. The summed E-state index contributed by atoms with van der Waals surface area (Å²) >= 11 is 0. The van der Waals surface area contributed by atoms with Crippen molar-refractivity contribution in [1.82, 2.24) is 5.32 Å². The van der Waals surface area contributed by atoms with Gasteiger partial charge >= 0.3 is 0 Å². The minimum Gasteiger partial charge on any atom is -0.487 e. The van der Waals surface area contributed by atoms with Crippen LogP contribution >= 0.6 is 0 Å². The molecule has 106 valence electrons. The van der Waals surface area contributed by atoms with Crippen LogP contribution in [0.3, 0.4) is 0 Å². The maximum absolute atomic E-state index is 13.9. The molecule has 1 aromatic carbocycles. The lowest BCUT2D eigenvalue weighted by atomic mass is 9.80. The van der Waals surface area contributed by atoms with E-state index in [4.69, 9.17) is 4.74 Å². The Kier molecular flexibility index (Phi) is 4.81. The zero-order chi connectivity index (χ0) is 13.8. The minimum atomic E-state index is -0.251. The minimum absolute atomic E-state index is 0.163. The van der Waals surface area contributed by atoms with E-state index in [1.54, 1.807) is 12.1 Å². The number of rotatable bonds is 4. The first kappa shape index (κ1) is 14.3. The Balaban J connectivity index is 1.99. The van der Waals surface area contributed by atoms with Gasteiger partial charge in [-0.2, -0.15) is 0 Å². The second-order valence-electron chi connectivity index (χ2n) is 5.80. The molecular weight excluding hydrogens is 241 g/mol. The molecule has 0 bridgehead atoms. The molecule has 3 unspecified atom stereocenters. The van der Waals surface area contributed by atoms with E-state index < -0.39 is 0 Å². The fourth-order valence-electron chi connectivity index (χ4n) is 2.74. The third-order valence-electron chi connectivity index (χ3n) is 4.22. The molecule has 19 heavy (non-hydrogen) atoms. The second kappa shape index (κ2) is 6.38. The van der Waals surface area contributed by atoms with Crippen LogP contribution in [0.25, 0.3) is 0 Å². The standard InChI is InChI=1S/C16H24FNO/c1-11-4-6-14(8-12(11)2)19-16-7-5-13(10-18-3)9-15(16)17/h5,7,9,11-12,14,18H,4,6,8,10H2,1-3H3. The molecule has 1 aliphatic carbocycles. The molecule has 3 atom stereocenters. The zero-order valence-corrected chi connectivity index (χ0v) is 12.1. The van der Waals surface area contributed by atoms with E-state index in [1.165, 1.54) is 6.42 Å². The van der Waals surface area contributed by atoms with Gasteiger partial charge in [-0.15, -0.1) is 0 Å². The van der Waals surface area contributed by atoms with E-state index in [2.05, 4.69) is 19.2 Å². The van der Waals surface area contributed by atoms with Crippen molar-refractivity contribution >= 4 is 0 Å². The van der Waals surface area contributed by atoms with Crippen molar-refractivity contribution in [3.8, 4) is 5.75 Å². The summed E-state index contributed by atoms with van der Waals surface area (Å²) in [5.74, 6) is 1.55. The van der Waals surface area contributed by atoms with Crippen molar-refractivity contribution in [3.63, 3.8) is 0 Å². The van der Waals surface area contributed by atoms with E-state index in [0.29, 0.717) is 18.2 Å².